The van der Waals surface area contributed by atoms with Gasteiger partial charge in [-0.3, -0.25) is 4.79 Å². The number of ether oxygens (including phenoxy) is 1. The fourth-order valence-corrected chi connectivity index (χ4v) is 4.33. The lowest BCUT2D eigenvalue weighted by atomic mass is 10.2. The van der Waals surface area contributed by atoms with Gasteiger partial charge in [-0.25, -0.2) is 9.97 Å². The van der Waals surface area contributed by atoms with Gasteiger partial charge in [0.2, 0.25) is 0 Å². The van der Waals surface area contributed by atoms with Crippen LogP contribution in [-0.2, 0) is 0 Å². The minimum atomic E-state index is -0.603. The van der Waals surface area contributed by atoms with Crippen LogP contribution < -0.4 is 15.8 Å². The molecule has 2 aromatic heterocycles. The Labute approximate surface area is 161 Å². The molecule has 3 heterocycles. The van der Waals surface area contributed by atoms with Crippen molar-refractivity contribution >= 4 is 34.4 Å². The number of primary amides is 1. The highest BCUT2D eigenvalue weighted by Gasteiger charge is 2.19. The van der Waals surface area contributed by atoms with Crippen LogP contribution >= 0.6 is 11.8 Å². The van der Waals surface area contributed by atoms with Gasteiger partial charge in [-0.05, 0) is 42.9 Å². The number of nitrogens with zero attached hydrogens (tertiary/aromatic N) is 2. The first-order valence-corrected chi connectivity index (χ1v) is 9.98. The number of aromatic nitrogens is 3. The molecule has 7 nitrogen and oxygen atoms in total. The molecule has 4 N–H and O–H groups in total. The highest BCUT2D eigenvalue weighted by Crippen LogP contribution is 2.28. The van der Waals surface area contributed by atoms with Gasteiger partial charge in [0, 0.05) is 22.7 Å². The standard InChI is InChI=1S/C19H21N5O2S/c1-26-13-4-5-14-11(7-13)8-15(23-14)17-18(19(20)25)21-9-16(24-17)22-12-3-2-6-27-10-12/h4-5,7-9,12,23H,2-3,6,10H2,1H3,(H2,20,25)(H,22,24). The maximum Gasteiger partial charge on any atom is 0.269 e. The van der Waals surface area contributed by atoms with Crippen molar-refractivity contribution in [3.8, 4) is 17.1 Å². The highest BCUT2D eigenvalue weighted by molar-refractivity contribution is 7.99. The second-order valence-electron chi connectivity index (χ2n) is 6.51. The molecule has 1 aliphatic heterocycles. The maximum atomic E-state index is 11.9. The first kappa shape index (κ1) is 17.7. The van der Waals surface area contributed by atoms with Gasteiger partial charge < -0.3 is 20.8 Å². The number of hydrogen-bond acceptors (Lipinski definition) is 6. The highest BCUT2D eigenvalue weighted by atomic mass is 32.2. The monoisotopic (exact) mass is 383 g/mol. The molecule has 140 valence electrons. The molecule has 1 amide bonds. The van der Waals surface area contributed by atoms with E-state index in [2.05, 4.69) is 20.3 Å². The summed E-state index contributed by atoms with van der Waals surface area (Å²) in [6.07, 6.45) is 3.87. The molecule has 0 spiro atoms. The summed E-state index contributed by atoms with van der Waals surface area (Å²) in [6, 6.07) is 8.01. The SMILES string of the molecule is COc1ccc2[nH]c(-c3nc(NC4CCCSC4)cnc3C(N)=O)cc2c1. The number of aromatic amines is 1. The fourth-order valence-electron chi connectivity index (χ4n) is 3.26. The number of nitrogens with one attached hydrogen (secondary N) is 2. The van der Waals surface area contributed by atoms with Crippen molar-refractivity contribution in [3.63, 3.8) is 0 Å². The van der Waals surface area contributed by atoms with Crippen LogP contribution in [0.1, 0.15) is 23.3 Å². The Morgan fingerprint density at radius 3 is 3.04 bits per heavy atom. The van der Waals surface area contributed by atoms with E-state index in [9.17, 15) is 4.79 Å². The summed E-state index contributed by atoms with van der Waals surface area (Å²) in [6.45, 7) is 0. The predicted molar refractivity (Wildman–Crippen MR) is 108 cm³/mol. The minimum Gasteiger partial charge on any atom is -0.497 e. The lowest BCUT2D eigenvalue weighted by Gasteiger charge is -2.23. The van der Waals surface area contributed by atoms with Gasteiger partial charge in [-0.1, -0.05) is 0 Å². The average Bonchev–Trinajstić information content (AvgIpc) is 3.11. The molecule has 8 heteroatoms. The first-order chi connectivity index (χ1) is 13.1. The summed E-state index contributed by atoms with van der Waals surface area (Å²) in [5.74, 6) is 3.06. The van der Waals surface area contributed by atoms with Gasteiger partial charge in [0.15, 0.2) is 5.69 Å². The topological polar surface area (TPSA) is 106 Å². The molecule has 0 radical (unpaired) electrons. The molecular formula is C19H21N5O2S. The van der Waals surface area contributed by atoms with E-state index in [1.807, 2.05) is 36.0 Å². The van der Waals surface area contributed by atoms with Gasteiger partial charge in [0.05, 0.1) is 19.0 Å². The number of carbonyl (C=O) groups is 1. The van der Waals surface area contributed by atoms with Gasteiger partial charge in [-0.15, -0.1) is 0 Å². The van der Waals surface area contributed by atoms with E-state index in [4.69, 9.17) is 10.5 Å². The summed E-state index contributed by atoms with van der Waals surface area (Å²) < 4.78 is 5.27. The Morgan fingerprint density at radius 1 is 1.41 bits per heavy atom. The van der Waals surface area contributed by atoms with Crippen LogP contribution in [0.25, 0.3) is 22.3 Å². The number of thioether (sulfide) groups is 1. The molecule has 27 heavy (non-hydrogen) atoms. The molecule has 0 aliphatic carbocycles. The molecule has 1 saturated heterocycles. The second kappa shape index (κ2) is 7.48. The number of nitrogens with two attached hydrogens (primary N) is 1. The molecule has 0 saturated carbocycles. The van der Waals surface area contributed by atoms with E-state index in [1.54, 1.807) is 13.3 Å². The number of methoxy groups -OCH3 is 1. The fraction of sp³-hybridized carbons (Fsp3) is 0.316. The quantitative estimate of drug-likeness (QED) is 0.625. The summed E-state index contributed by atoms with van der Waals surface area (Å²) in [7, 11) is 1.63. The number of fused-ring (bicyclic) bond motifs is 1. The van der Waals surface area contributed by atoms with Gasteiger partial charge >= 0.3 is 0 Å². The van der Waals surface area contributed by atoms with Crippen LogP contribution in [0, 0.1) is 0 Å². The summed E-state index contributed by atoms with van der Waals surface area (Å²) in [4.78, 5) is 24.1. The van der Waals surface area contributed by atoms with Crippen LogP contribution in [0.4, 0.5) is 5.82 Å². The maximum absolute atomic E-state index is 11.9. The Kier molecular flexibility index (Phi) is 4.89. The van der Waals surface area contributed by atoms with Crippen LogP contribution in [-0.4, -0.2) is 45.5 Å². The third-order valence-electron chi connectivity index (χ3n) is 4.60. The van der Waals surface area contributed by atoms with Gasteiger partial charge in [-0.2, -0.15) is 11.8 Å². The number of H-pyrrole nitrogens is 1. The molecule has 1 aliphatic rings. The van der Waals surface area contributed by atoms with E-state index in [-0.39, 0.29) is 5.69 Å². The normalized spacial score (nSPS) is 17.0. The van der Waals surface area contributed by atoms with Crippen molar-refractivity contribution in [1.29, 1.82) is 0 Å². The zero-order valence-electron chi connectivity index (χ0n) is 15.0. The van der Waals surface area contributed by atoms with Crippen molar-refractivity contribution < 1.29 is 9.53 Å². The average molecular weight is 383 g/mol. The minimum absolute atomic E-state index is 0.150. The molecule has 4 rings (SSSR count). The molecule has 1 atom stereocenters. The molecule has 3 aromatic rings. The summed E-state index contributed by atoms with van der Waals surface area (Å²) >= 11 is 1.93. The Hall–Kier alpha value is -2.74. The summed E-state index contributed by atoms with van der Waals surface area (Å²) in [5, 5.41) is 4.39. The van der Waals surface area contributed by atoms with Crippen molar-refractivity contribution in [3.05, 3.63) is 36.2 Å². The molecule has 1 aromatic carbocycles. The predicted octanol–water partition coefficient (Wildman–Crippen LogP) is 3.04. The molecule has 0 bridgehead atoms. The van der Waals surface area contributed by atoms with Crippen LogP contribution in [0.15, 0.2) is 30.5 Å². The number of amides is 1. The number of rotatable bonds is 5. The number of hydrogen-bond donors (Lipinski definition) is 3. The third kappa shape index (κ3) is 3.71. The lowest BCUT2D eigenvalue weighted by Crippen LogP contribution is -2.26. The third-order valence-corrected chi connectivity index (χ3v) is 5.82. The lowest BCUT2D eigenvalue weighted by molar-refractivity contribution is 0.0996. The molecule has 1 unspecified atom stereocenters. The molecular weight excluding hydrogens is 362 g/mol. The first-order valence-electron chi connectivity index (χ1n) is 8.82. The Bertz CT molecular complexity index is 981. The van der Waals surface area contributed by atoms with Crippen molar-refractivity contribution in [1.82, 2.24) is 15.0 Å². The van der Waals surface area contributed by atoms with Gasteiger partial charge in [0.25, 0.3) is 5.91 Å². The largest absolute Gasteiger partial charge is 0.497 e. The van der Waals surface area contributed by atoms with Gasteiger partial charge in [0.1, 0.15) is 17.3 Å². The molecule has 1 fully saturated rings. The van der Waals surface area contributed by atoms with E-state index < -0.39 is 5.91 Å². The second-order valence-corrected chi connectivity index (χ2v) is 7.66. The smallest absolute Gasteiger partial charge is 0.269 e. The Balaban J connectivity index is 1.72. The van der Waals surface area contributed by atoms with Crippen LogP contribution in [0.3, 0.4) is 0 Å². The van der Waals surface area contributed by atoms with E-state index in [1.165, 1.54) is 12.2 Å². The van der Waals surface area contributed by atoms with Crippen LogP contribution in [0.2, 0.25) is 0 Å². The zero-order chi connectivity index (χ0) is 18.8. The van der Waals surface area contributed by atoms with Crippen molar-refractivity contribution in [2.45, 2.75) is 18.9 Å². The van der Waals surface area contributed by atoms with Crippen LogP contribution in [0.5, 0.6) is 5.75 Å². The van der Waals surface area contributed by atoms with Crippen molar-refractivity contribution in [2.75, 3.05) is 23.9 Å². The summed E-state index contributed by atoms with van der Waals surface area (Å²) in [5.41, 5.74) is 7.74. The van der Waals surface area contributed by atoms with E-state index in [0.29, 0.717) is 23.2 Å². The number of benzene rings is 1. The van der Waals surface area contributed by atoms with Crippen molar-refractivity contribution in [2.24, 2.45) is 5.73 Å². The zero-order valence-corrected chi connectivity index (χ0v) is 15.8. The van der Waals surface area contributed by atoms with E-state index >= 15 is 0 Å². The van der Waals surface area contributed by atoms with E-state index in [0.717, 1.165) is 28.8 Å². The Morgan fingerprint density at radius 2 is 2.30 bits per heavy atom. The number of carbonyl (C=O) groups excluding carboxylic acids is 1. The number of anilines is 1.